The summed E-state index contributed by atoms with van der Waals surface area (Å²) >= 11 is 0. The molecule has 0 saturated heterocycles. The largest absolute Gasteiger partial charge is 0.476 e. The average molecular weight is 176 g/mol. The smallest absolute Gasteiger partial charge is 0.356 e. The molecule has 0 saturated carbocycles. The summed E-state index contributed by atoms with van der Waals surface area (Å²) in [6.45, 7) is 1.88. The van der Waals surface area contributed by atoms with Crippen LogP contribution in [0.5, 0.6) is 0 Å². The lowest BCUT2D eigenvalue weighted by molar-refractivity contribution is 0.0690. The Labute approximate surface area is 74.4 Å². The van der Waals surface area contributed by atoms with Crippen LogP contribution >= 0.6 is 0 Å². The Balaban J connectivity index is 2.75. The van der Waals surface area contributed by atoms with E-state index in [1.54, 1.807) is 10.6 Å². The number of fused-ring (bicyclic) bond motifs is 1. The van der Waals surface area contributed by atoms with Crippen molar-refractivity contribution in [1.29, 1.82) is 0 Å². The second-order valence-electron chi connectivity index (χ2n) is 2.84. The van der Waals surface area contributed by atoms with Gasteiger partial charge in [0.05, 0.1) is 5.52 Å². The van der Waals surface area contributed by atoms with E-state index in [9.17, 15) is 4.79 Å². The third kappa shape index (κ3) is 1.16. The molecule has 13 heavy (non-hydrogen) atoms. The maximum atomic E-state index is 10.6. The van der Waals surface area contributed by atoms with Crippen LogP contribution in [0.1, 0.15) is 16.2 Å². The van der Waals surface area contributed by atoms with Gasteiger partial charge in [-0.15, -0.1) is 0 Å². The second kappa shape index (κ2) is 2.58. The van der Waals surface area contributed by atoms with Gasteiger partial charge < -0.3 is 5.11 Å². The number of carboxylic acid groups (broad SMARTS) is 1. The van der Waals surface area contributed by atoms with Gasteiger partial charge in [-0.25, -0.2) is 9.31 Å². The minimum Gasteiger partial charge on any atom is -0.476 e. The second-order valence-corrected chi connectivity index (χ2v) is 2.84. The van der Waals surface area contributed by atoms with Crippen LogP contribution in [0.3, 0.4) is 0 Å². The first kappa shape index (κ1) is 7.79. The van der Waals surface area contributed by atoms with Gasteiger partial charge in [0.25, 0.3) is 0 Å². The molecule has 0 unspecified atom stereocenters. The van der Waals surface area contributed by atoms with Crippen LogP contribution in [-0.4, -0.2) is 20.7 Å². The topological polar surface area (TPSA) is 54.6 Å². The van der Waals surface area contributed by atoms with Gasteiger partial charge in [0.2, 0.25) is 0 Å². The van der Waals surface area contributed by atoms with E-state index in [-0.39, 0.29) is 5.69 Å². The van der Waals surface area contributed by atoms with E-state index in [2.05, 4.69) is 5.10 Å². The predicted octanol–water partition coefficient (Wildman–Crippen LogP) is 1.34. The van der Waals surface area contributed by atoms with Crippen LogP contribution in [0.2, 0.25) is 0 Å². The molecule has 4 nitrogen and oxygen atoms in total. The molecule has 0 radical (unpaired) electrons. The third-order valence-corrected chi connectivity index (χ3v) is 1.89. The maximum Gasteiger partial charge on any atom is 0.356 e. The van der Waals surface area contributed by atoms with Crippen molar-refractivity contribution in [3.63, 3.8) is 0 Å². The molecule has 1 N–H and O–H groups in total. The van der Waals surface area contributed by atoms with Crippen molar-refractivity contribution in [1.82, 2.24) is 9.61 Å². The number of carboxylic acids is 1. The van der Waals surface area contributed by atoms with E-state index in [1.165, 1.54) is 0 Å². The summed E-state index contributed by atoms with van der Waals surface area (Å²) in [6, 6.07) is 7.13. The summed E-state index contributed by atoms with van der Waals surface area (Å²) in [7, 11) is 0. The minimum absolute atomic E-state index is 0.0781. The van der Waals surface area contributed by atoms with Gasteiger partial charge in [-0.2, -0.15) is 5.10 Å². The zero-order valence-corrected chi connectivity index (χ0v) is 7.06. The lowest BCUT2D eigenvalue weighted by Gasteiger charge is -1.95. The number of rotatable bonds is 1. The highest BCUT2D eigenvalue weighted by Gasteiger charge is 2.08. The summed E-state index contributed by atoms with van der Waals surface area (Å²) < 4.78 is 1.61. The monoisotopic (exact) mass is 176 g/mol. The van der Waals surface area contributed by atoms with E-state index >= 15 is 0 Å². The normalized spacial score (nSPS) is 10.5. The quantitative estimate of drug-likeness (QED) is 0.713. The molecule has 0 aliphatic rings. The Morgan fingerprint density at radius 2 is 2.31 bits per heavy atom. The molecule has 0 aromatic carbocycles. The van der Waals surface area contributed by atoms with Gasteiger partial charge in [0.1, 0.15) is 0 Å². The van der Waals surface area contributed by atoms with E-state index < -0.39 is 5.97 Å². The van der Waals surface area contributed by atoms with Crippen LogP contribution in [0, 0.1) is 6.92 Å². The van der Waals surface area contributed by atoms with Gasteiger partial charge in [0, 0.05) is 5.69 Å². The average Bonchev–Trinajstić information content (AvgIpc) is 2.49. The molecule has 0 amide bonds. The minimum atomic E-state index is -0.997. The fraction of sp³-hybridized carbons (Fsp3) is 0.111. The van der Waals surface area contributed by atoms with Crippen LogP contribution in [0.25, 0.3) is 5.52 Å². The molecular formula is C9H8N2O2. The molecular weight excluding hydrogens is 168 g/mol. The van der Waals surface area contributed by atoms with Gasteiger partial charge in [-0.05, 0) is 25.1 Å². The SMILES string of the molecule is Cc1cccc2cc(C(=O)O)nn12. The van der Waals surface area contributed by atoms with Gasteiger partial charge in [-0.3, -0.25) is 0 Å². The maximum absolute atomic E-state index is 10.6. The summed E-state index contributed by atoms with van der Waals surface area (Å²) in [5, 5.41) is 12.6. The molecule has 0 aliphatic heterocycles. The fourth-order valence-electron chi connectivity index (χ4n) is 1.26. The lowest BCUT2D eigenvalue weighted by Crippen LogP contribution is -1.98. The molecule has 2 aromatic rings. The molecule has 0 atom stereocenters. The summed E-state index contributed by atoms with van der Waals surface area (Å²) in [5.74, 6) is -0.997. The highest BCUT2D eigenvalue weighted by Crippen LogP contribution is 2.08. The van der Waals surface area contributed by atoms with Crippen molar-refractivity contribution in [2.75, 3.05) is 0 Å². The first-order chi connectivity index (χ1) is 6.18. The third-order valence-electron chi connectivity index (χ3n) is 1.89. The Bertz CT molecular complexity index is 473. The molecule has 4 heteroatoms. The Kier molecular flexibility index (Phi) is 1.55. The Hall–Kier alpha value is -1.84. The summed E-state index contributed by atoms with van der Waals surface area (Å²) in [6.07, 6.45) is 0. The summed E-state index contributed by atoms with van der Waals surface area (Å²) in [4.78, 5) is 10.6. The predicted molar refractivity (Wildman–Crippen MR) is 46.9 cm³/mol. The van der Waals surface area contributed by atoms with E-state index in [0.29, 0.717) is 0 Å². The van der Waals surface area contributed by atoms with Crippen molar-refractivity contribution in [3.8, 4) is 0 Å². The Morgan fingerprint density at radius 3 is 2.92 bits per heavy atom. The fourth-order valence-corrected chi connectivity index (χ4v) is 1.26. The number of aryl methyl sites for hydroxylation is 1. The van der Waals surface area contributed by atoms with Crippen molar-refractivity contribution in [2.45, 2.75) is 6.92 Å². The van der Waals surface area contributed by atoms with Crippen LogP contribution in [0.15, 0.2) is 24.3 Å². The number of pyridine rings is 1. The highest BCUT2D eigenvalue weighted by atomic mass is 16.4. The van der Waals surface area contributed by atoms with Crippen LogP contribution < -0.4 is 0 Å². The van der Waals surface area contributed by atoms with Gasteiger partial charge >= 0.3 is 5.97 Å². The molecule has 66 valence electrons. The van der Waals surface area contributed by atoms with E-state index in [0.717, 1.165) is 11.2 Å². The summed E-state index contributed by atoms with van der Waals surface area (Å²) in [5.41, 5.74) is 1.80. The van der Waals surface area contributed by atoms with Crippen molar-refractivity contribution in [2.24, 2.45) is 0 Å². The first-order valence-electron chi connectivity index (χ1n) is 3.87. The zero-order valence-electron chi connectivity index (χ0n) is 7.06. The molecule has 2 rings (SSSR count). The van der Waals surface area contributed by atoms with Gasteiger partial charge in [0.15, 0.2) is 5.69 Å². The number of nitrogens with zero attached hydrogens (tertiary/aromatic N) is 2. The standard InChI is InChI=1S/C9H8N2O2/c1-6-3-2-4-7-5-8(9(12)13)10-11(6)7/h2-5H,1H3,(H,12,13). The molecule has 0 bridgehead atoms. The molecule has 0 spiro atoms. The van der Waals surface area contributed by atoms with Crippen molar-refractivity contribution in [3.05, 3.63) is 35.7 Å². The number of aromatic nitrogens is 2. The Morgan fingerprint density at radius 1 is 1.54 bits per heavy atom. The van der Waals surface area contributed by atoms with Crippen LogP contribution in [0.4, 0.5) is 0 Å². The number of hydrogen-bond donors (Lipinski definition) is 1. The molecule has 2 aromatic heterocycles. The van der Waals surface area contributed by atoms with Crippen molar-refractivity contribution >= 4 is 11.5 Å². The molecule has 0 aliphatic carbocycles. The molecule has 0 fully saturated rings. The lowest BCUT2D eigenvalue weighted by atomic mass is 10.3. The zero-order chi connectivity index (χ0) is 9.42. The first-order valence-corrected chi connectivity index (χ1v) is 3.87. The number of aromatic carboxylic acids is 1. The molecule has 2 heterocycles. The van der Waals surface area contributed by atoms with E-state index in [1.807, 2.05) is 25.1 Å². The van der Waals surface area contributed by atoms with Crippen molar-refractivity contribution < 1.29 is 9.90 Å². The number of hydrogen-bond acceptors (Lipinski definition) is 2. The van der Waals surface area contributed by atoms with Crippen LogP contribution in [-0.2, 0) is 0 Å². The number of carbonyl (C=O) groups is 1. The van der Waals surface area contributed by atoms with E-state index in [4.69, 9.17) is 5.11 Å². The highest BCUT2D eigenvalue weighted by molar-refractivity contribution is 5.87. The van der Waals surface area contributed by atoms with Gasteiger partial charge in [-0.1, -0.05) is 6.07 Å².